The lowest BCUT2D eigenvalue weighted by atomic mass is 9.87. The molecular formula is C48H92N4O2. The van der Waals surface area contributed by atoms with E-state index in [0.29, 0.717) is 12.3 Å². The molecule has 1 rings (SSSR count). The second kappa shape index (κ2) is 37.1. The van der Waals surface area contributed by atoms with E-state index in [1.807, 2.05) is 0 Å². The Morgan fingerprint density at radius 1 is 0.537 bits per heavy atom. The number of piperazine rings is 1. The van der Waals surface area contributed by atoms with Gasteiger partial charge in [-0.3, -0.25) is 4.79 Å². The van der Waals surface area contributed by atoms with Crippen molar-refractivity contribution in [1.29, 1.82) is 0 Å². The van der Waals surface area contributed by atoms with E-state index in [4.69, 9.17) is 4.74 Å². The van der Waals surface area contributed by atoms with Crippen molar-refractivity contribution in [1.82, 2.24) is 19.6 Å². The minimum atomic E-state index is 0.00369. The van der Waals surface area contributed by atoms with Gasteiger partial charge >= 0.3 is 5.97 Å². The second-order valence-electron chi connectivity index (χ2n) is 16.7. The number of allylic oxidation sites excluding steroid dienone is 6. The molecule has 0 amide bonds. The van der Waals surface area contributed by atoms with Gasteiger partial charge in [-0.05, 0) is 162 Å². The lowest BCUT2D eigenvalue weighted by Gasteiger charge is -2.35. The second-order valence-corrected chi connectivity index (χ2v) is 16.7. The van der Waals surface area contributed by atoms with Crippen LogP contribution in [-0.4, -0.2) is 112 Å². The van der Waals surface area contributed by atoms with E-state index in [-0.39, 0.29) is 12.1 Å². The van der Waals surface area contributed by atoms with Gasteiger partial charge in [0.05, 0.1) is 6.42 Å². The first kappa shape index (κ1) is 50.5. The van der Waals surface area contributed by atoms with Crippen molar-refractivity contribution in [3.63, 3.8) is 0 Å². The molecule has 1 atom stereocenters. The third kappa shape index (κ3) is 30.7. The molecule has 1 saturated heterocycles. The first-order valence-electron chi connectivity index (χ1n) is 23.3. The van der Waals surface area contributed by atoms with E-state index in [9.17, 15) is 4.79 Å². The fourth-order valence-electron chi connectivity index (χ4n) is 7.62. The summed E-state index contributed by atoms with van der Waals surface area (Å²) in [4.78, 5) is 23.3. The molecule has 0 spiro atoms. The van der Waals surface area contributed by atoms with Gasteiger partial charge in [0.2, 0.25) is 0 Å². The summed E-state index contributed by atoms with van der Waals surface area (Å²) in [6.07, 6.45) is 42.7. The molecule has 0 aromatic heterocycles. The highest BCUT2D eigenvalue weighted by molar-refractivity contribution is 5.69. The number of unbranched alkanes of at least 4 members (excludes halogenated alkanes) is 12. The summed E-state index contributed by atoms with van der Waals surface area (Å²) in [6, 6.07) is 0. The molecule has 0 bridgehead atoms. The number of rotatable bonds is 37. The van der Waals surface area contributed by atoms with E-state index in [1.165, 1.54) is 136 Å². The summed E-state index contributed by atoms with van der Waals surface area (Å²) in [6.45, 7) is 16.9. The zero-order valence-electron chi connectivity index (χ0n) is 37.1. The molecule has 0 aliphatic carbocycles. The van der Waals surface area contributed by atoms with E-state index >= 15 is 0 Å². The van der Waals surface area contributed by atoms with Gasteiger partial charge in [-0.1, -0.05) is 95.8 Å². The lowest BCUT2D eigenvalue weighted by molar-refractivity contribution is -0.153. The molecule has 54 heavy (non-hydrogen) atoms. The molecule has 6 nitrogen and oxygen atoms in total. The number of hydrogen-bond donors (Lipinski definition) is 0. The van der Waals surface area contributed by atoms with E-state index < -0.39 is 0 Å². The molecule has 1 fully saturated rings. The van der Waals surface area contributed by atoms with Crippen LogP contribution in [0.1, 0.15) is 175 Å². The third-order valence-corrected chi connectivity index (χ3v) is 11.2. The van der Waals surface area contributed by atoms with Gasteiger partial charge in [0, 0.05) is 32.7 Å². The molecule has 0 saturated carbocycles. The average molecular weight is 757 g/mol. The van der Waals surface area contributed by atoms with Crippen molar-refractivity contribution in [2.75, 3.05) is 80.0 Å². The van der Waals surface area contributed by atoms with Crippen molar-refractivity contribution in [3.05, 3.63) is 36.5 Å². The van der Waals surface area contributed by atoms with Gasteiger partial charge in [0.25, 0.3) is 0 Å². The van der Waals surface area contributed by atoms with Crippen LogP contribution in [0.2, 0.25) is 0 Å². The Balaban J connectivity index is 2.69. The Labute approximate surface area is 337 Å². The summed E-state index contributed by atoms with van der Waals surface area (Å²) >= 11 is 0. The molecule has 0 aromatic rings. The van der Waals surface area contributed by atoms with Gasteiger partial charge < -0.3 is 24.3 Å². The Bertz CT molecular complexity index is 884. The predicted octanol–water partition coefficient (Wildman–Crippen LogP) is 11.7. The molecule has 1 aliphatic heterocycles. The van der Waals surface area contributed by atoms with Crippen molar-refractivity contribution in [3.8, 4) is 0 Å². The molecule has 316 valence electrons. The Morgan fingerprint density at radius 3 is 1.37 bits per heavy atom. The van der Waals surface area contributed by atoms with Crippen molar-refractivity contribution in [2.45, 2.75) is 181 Å². The lowest BCUT2D eigenvalue weighted by Crippen LogP contribution is -2.47. The Morgan fingerprint density at radius 2 is 0.944 bits per heavy atom. The summed E-state index contributed by atoms with van der Waals surface area (Å²) in [5.74, 6) is 0.444. The highest BCUT2D eigenvalue weighted by Gasteiger charge is 2.25. The number of ether oxygens (including phenoxy) is 1. The molecule has 1 aliphatic rings. The average Bonchev–Trinajstić information content (AvgIpc) is 3.16. The van der Waals surface area contributed by atoms with Crippen molar-refractivity contribution in [2.24, 2.45) is 5.92 Å². The Kier molecular flexibility index (Phi) is 34.8. The number of esters is 1. The standard InChI is InChI=1S/C48H92N4O2/c1-7-10-13-16-19-22-25-28-33-46(34-29-26-23-20-17-14-11-8-2)47(35-30-27-24-21-18-15-12-9-3)54-48(53)36-41-50(6)38-32-40-52-44-42-51(43-45-52)39-31-37-49(4)5/h19-24,46-47H,7-18,25-45H2,1-6H3/b22-19-,23-20-,24-21-. The smallest absolute Gasteiger partial charge is 0.307 e. The Hall–Kier alpha value is -1.47. The maximum atomic E-state index is 13.5. The molecular weight excluding hydrogens is 665 g/mol. The maximum absolute atomic E-state index is 13.5. The highest BCUT2D eigenvalue weighted by Crippen LogP contribution is 2.27. The zero-order valence-corrected chi connectivity index (χ0v) is 37.1. The van der Waals surface area contributed by atoms with Crippen LogP contribution in [0.15, 0.2) is 36.5 Å². The number of carbonyl (C=O) groups is 1. The monoisotopic (exact) mass is 757 g/mol. The van der Waals surface area contributed by atoms with Gasteiger partial charge in [-0.15, -0.1) is 0 Å². The van der Waals surface area contributed by atoms with Crippen LogP contribution in [0.25, 0.3) is 0 Å². The van der Waals surface area contributed by atoms with Crippen LogP contribution in [-0.2, 0) is 9.53 Å². The van der Waals surface area contributed by atoms with Gasteiger partial charge in [0.15, 0.2) is 0 Å². The van der Waals surface area contributed by atoms with Crippen molar-refractivity contribution < 1.29 is 9.53 Å². The van der Waals surface area contributed by atoms with Gasteiger partial charge in [-0.2, -0.15) is 0 Å². The minimum Gasteiger partial charge on any atom is -0.462 e. The topological polar surface area (TPSA) is 39.3 Å². The van der Waals surface area contributed by atoms with Crippen molar-refractivity contribution >= 4 is 5.97 Å². The predicted molar refractivity (Wildman–Crippen MR) is 238 cm³/mol. The van der Waals surface area contributed by atoms with Gasteiger partial charge in [0.1, 0.15) is 6.10 Å². The minimum absolute atomic E-state index is 0.00369. The first-order chi connectivity index (χ1) is 26.4. The number of hydrogen-bond acceptors (Lipinski definition) is 6. The highest BCUT2D eigenvalue weighted by atomic mass is 16.5. The van der Waals surface area contributed by atoms with Gasteiger partial charge in [-0.25, -0.2) is 0 Å². The number of carbonyl (C=O) groups excluding carboxylic acids is 1. The molecule has 0 aromatic carbocycles. The summed E-state index contributed by atoms with van der Waals surface area (Å²) < 4.78 is 6.48. The van der Waals surface area contributed by atoms with Crippen LogP contribution >= 0.6 is 0 Å². The third-order valence-electron chi connectivity index (χ3n) is 11.2. The summed E-state index contributed by atoms with van der Waals surface area (Å²) in [5, 5.41) is 0. The van der Waals surface area contributed by atoms with E-state index in [0.717, 1.165) is 71.0 Å². The van der Waals surface area contributed by atoms with Crippen LogP contribution in [0, 0.1) is 5.92 Å². The fourth-order valence-corrected chi connectivity index (χ4v) is 7.62. The SMILES string of the molecule is CCCCC/C=C\CCCC(CCC/C=C\CCCCC)C(CCC/C=C\CCCCC)OC(=O)CCN(C)CCCN1CCN(CCCN(C)C)CC1. The van der Waals surface area contributed by atoms with Crippen LogP contribution < -0.4 is 0 Å². The van der Waals surface area contributed by atoms with Crippen LogP contribution in [0.5, 0.6) is 0 Å². The first-order valence-corrected chi connectivity index (χ1v) is 23.3. The molecule has 0 radical (unpaired) electrons. The largest absolute Gasteiger partial charge is 0.462 e. The van der Waals surface area contributed by atoms with Crippen LogP contribution in [0.3, 0.4) is 0 Å². The zero-order chi connectivity index (χ0) is 39.3. The van der Waals surface area contributed by atoms with Crippen LogP contribution in [0.4, 0.5) is 0 Å². The fraction of sp³-hybridized carbons (Fsp3) is 0.854. The molecule has 1 heterocycles. The quantitative estimate of drug-likeness (QED) is 0.0357. The summed E-state index contributed by atoms with van der Waals surface area (Å²) in [7, 11) is 6.50. The molecule has 1 unspecified atom stereocenters. The van der Waals surface area contributed by atoms with E-state index in [2.05, 4.69) is 98.0 Å². The summed E-state index contributed by atoms with van der Waals surface area (Å²) in [5.41, 5.74) is 0. The molecule has 6 heteroatoms. The normalized spacial score (nSPS) is 15.4. The number of nitrogens with zero attached hydrogens (tertiary/aromatic N) is 4. The maximum Gasteiger partial charge on any atom is 0.307 e. The van der Waals surface area contributed by atoms with E-state index in [1.54, 1.807) is 0 Å². The molecule has 0 N–H and O–H groups in total.